The first-order valence-electron chi connectivity index (χ1n) is 8.02. The smallest absolute Gasteiger partial charge is 0.262 e. The Labute approximate surface area is 148 Å². The SMILES string of the molecule is Cn1ccc2c(OCC(=O)Nc3ccc4c(c3)OCO4)cccc2c1=O. The molecule has 26 heavy (non-hydrogen) atoms. The van der Waals surface area contributed by atoms with Crippen molar-refractivity contribution < 1.29 is 19.0 Å². The fourth-order valence-electron chi connectivity index (χ4n) is 2.79. The summed E-state index contributed by atoms with van der Waals surface area (Å²) < 4.78 is 17.6. The summed E-state index contributed by atoms with van der Waals surface area (Å²) in [7, 11) is 1.69. The van der Waals surface area contributed by atoms with Gasteiger partial charge in [0.1, 0.15) is 5.75 Å². The maximum absolute atomic E-state index is 12.2. The maximum Gasteiger partial charge on any atom is 0.262 e. The van der Waals surface area contributed by atoms with Gasteiger partial charge in [-0.3, -0.25) is 9.59 Å². The van der Waals surface area contributed by atoms with E-state index < -0.39 is 0 Å². The fourth-order valence-corrected chi connectivity index (χ4v) is 2.79. The van der Waals surface area contributed by atoms with Gasteiger partial charge in [0, 0.05) is 30.4 Å². The summed E-state index contributed by atoms with van der Waals surface area (Å²) in [6, 6.07) is 12.2. The number of carbonyl (C=O) groups is 1. The lowest BCUT2D eigenvalue weighted by atomic mass is 10.1. The molecule has 0 atom stereocenters. The van der Waals surface area contributed by atoms with E-state index in [0.717, 1.165) is 0 Å². The molecule has 1 amide bonds. The monoisotopic (exact) mass is 352 g/mol. The number of fused-ring (bicyclic) bond motifs is 2. The average molecular weight is 352 g/mol. The molecule has 2 heterocycles. The predicted octanol–water partition coefficient (Wildman–Crippen LogP) is 2.28. The number of carbonyl (C=O) groups excluding carboxylic acids is 1. The molecular weight excluding hydrogens is 336 g/mol. The van der Waals surface area contributed by atoms with Gasteiger partial charge in [-0.05, 0) is 30.3 Å². The van der Waals surface area contributed by atoms with Crippen LogP contribution in [-0.4, -0.2) is 23.9 Å². The molecule has 1 aliphatic heterocycles. The van der Waals surface area contributed by atoms with E-state index in [1.54, 1.807) is 55.7 Å². The molecule has 7 nitrogen and oxygen atoms in total. The Hall–Kier alpha value is -3.48. The fraction of sp³-hybridized carbons (Fsp3) is 0.158. The van der Waals surface area contributed by atoms with E-state index in [4.69, 9.17) is 14.2 Å². The summed E-state index contributed by atoms with van der Waals surface area (Å²) in [4.78, 5) is 24.3. The van der Waals surface area contributed by atoms with Crippen molar-refractivity contribution in [2.24, 2.45) is 7.05 Å². The van der Waals surface area contributed by atoms with E-state index in [9.17, 15) is 9.59 Å². The van der Waals surface area contributed by atoms with Gasteiger partial charge in [-0.15, -0.1) is 0 Å². The van der Waals surface area contributed by atoms with Crippen molar-refractivity contribution in [3.05, 3.63) is 59.0 Å². The van der Waals surface area contributed by atoms with Gasteiger partial charge < -0.3 is 24.1 Å². The van der Waals surface area contributed by atoms with Crippen LogP contribution in [0.1, 0.15) is 0 Å². The molecule has 132 valence electrons. The first kappa shape index (κ1) is 16.0. The Morgan fingerprint density at radius 3 is 2.88 bits per heavy atom. The summed E-state index contributed by atoms with van der Waals surface area (Å²) in [5.74, 6) is 1.41. The van der Waals surface area contributed by atoms with Gasteiger partial charge in [0.25, 0.3) is 11.5 Å². The minimum Gasteiger partial charge on any atom is -0.483 e. The quantitative estimate of drug-likeness (QED) is 0.779. The largest absolute Gasteiger partial charge is 0.483 e. The zero-order chi connectivity index (χ0) is 18.1. The molecule has 0 fully saturated rings. The number of aromatic nitrogens is 1. The highest BCUT2D eigenvalue weighted by Crippen LogP contribution is 2.34. The first-order valence-corrected chi connectivity index (χ1v) is 8.02. The Bertz CT molecular complexity index is 1060. The molecule has 0 radical (unpaired) electrons. The number of hydrogen-bond acceptors (Lipinski definition) is 5. The van der Waals surface area contributed by atoms with Crippen molar-refractivity contribution in [2.75, 3.05) is 18.7 Å². The van der Waals surface area contributed by atoms with Gasteiger partial charge in [-0.2, -0.15) is 0 Å². The van der Waals surface area contributed by atoms with Crippen LogP contribution in [-0.2, 0) is 11.8 Å². The van der Waals surface area contributed by atoms with Crippen molar-refractivity contribution in [3.8, 4) is 17.2 Å². The van der Waals surface area contributed by atoms with Crippen LogP contribution in [0.4, 0.5) is 5.69 Å². The Morgan fingerprint density at radius 2 is 2.00 bits per heavy atom. The molecule has 1 N–H and O–H groups in total. The second-order valence-corrected chi connectivity index (χ2v) is 5.85. The molecule has 0 saturated heterocycles. The molecule has 4 rings (SSSR count). The lowest BCUT2D eigenvalue weighted by Gasteiger charge is -2.10. The summed E-state index contributed by atoms with van der Waals surface area (Å²) in [5, 5.41) is 3.96. The van der Waals surface area contributed by atoms with E-state index in [2.05, 4.69) is 5.32 Å². The van der Waals surface area contributed by atoms with E-state index in [0.29, 0.717) is 33.7 Å². The van der Waals surface area contributed by atoms with Crippen molar-refractivity contribution in [1.29, 1.82) is 0 Å². The third-order valence-corrected chi connectivity index (χ3v) is 4.10. The van der Waals surface area contributed by atoms with E-state index in [1.165, 1.54) is 4.57 Å². The number of nitrogens with zero attached hydrogens (tertiary/aromatic N) is 1. The molecule has 0 unspecified atom stereocenters. The van der Waals surface area contributed by atoms with Crippen LogP contribution in [0, 0.1) is 0 Å². The molecular formula is C19H16N2O5. The minimum absolute atomic E-state index is 0.113. The number of ether oxygens (including phenoxy) is 3. The topological polar surface area (TPSA) is 78.8 Å². The van der Waals surface area contributed by atoms with Gasteiger partial charge in [-0.1, -0.05) is 6.07 Å². The lowest BCUT2D eigenvalue weighted by Crippen LogP contribution is -2.20. The van der Waals surface area contributed by atoms with E-state index >= 15 is 0 Å². The minimum atomic E-state index is -0.315. The Kier molecular flexibility index (Phi) is 3.96. The number of amides is 1. The molecule has 0 saturated carbocycles. The third kappa shape index (κ3) is 2.95. The number of hydrogen-bond donors (Lipinski definition) is 1. The molecule has 2 aromatic carbocycles. The summed E-state index contributed by atoms with van der Waals surface area (Å²) in [5.41, 5.74) is 0.479. The van der Waals surface area contributed by atoms with Crippen LogP contribution in [0.15, 0.2) is 53.5 Å². The van der Waals surface area contributed by atoms with Crippen molar-refractivity contribution in [1.82, 2.24) is 4.57 Å². The zero-order valence-electron chi connectivity index (χ0n) is 14.0. The van der Waals surface area contributed by atoms with Crippen LogP contribution in [0.25, 0.3) is 10.8 Å². The second-order valence-electron chi connectivity index (χ2n) is 5.85. The van der Waals surface area contributed by atoms with Gasteiger partial charge in [-0.25, -0.2) is 0 Å². The van der Waals surface area contributed by atoms with Gasteiger partial charge in [0.15, 0.2) is 18.1 Å². The van der Waals surface area contributed by atoms with E-state index in [1.807, 2.05) is 0 Å². The van der Waals surface area contributed by atoms with Crippen molar-refractivity contribution in [3.63, 3.8) is 0 Å². The van der Waals surface area contributed by atoms with Crippen LogP contribution >= 0.6 is 0 Å². The highest BCUT2D eigenvalue weighted by molar-refractivity contribution is 5.93. The number of nitrogens with one attached hydrogen (secondary N) is 1. The molecule has 0 bridgehead atoms. The molecule has 7 heteroatoms. The first-order chi connectivity index (χ1) is 12.6. The number of benzene rings is 2. The maximum atomic E-state index is 12.2. The number of aryl methyl sites for hydroxylation is 1. The normalized spacial score (nSPS) is 12.2. The highest BCUT2D eigenvalue weighted by Gasteiger charge is 2.14. The van der Waals surface area contributed by atoms with Crippen LogP contribution in [0.3, 0.4) is 0 Å². The average Bonchev–Trinajstić information content (AvgIpc) is 3.11. The molecule has 1 aliphatic rings. The number of pyridine rings is 1. The molecule has 0 aliphatic carbocycles. The molecule has 1 aromatic heterocycles. The van der Waals surface area contributed by atoms with Crippen LogP contribution in [0.2, 0.25) is 0 Å². The number of rotatable bonds is 4. The zero-order valence-corrected chi connectivity index (χ0v) is 14.0. The van der Waals surface area contributed by atoms with E-state index in [-0.39, 0.29) is 24.9 Å². The van der Waals surface area contributed by atoms with Crippen LogP contribution in [0.5, 0.6) is 17.2 Å². The van der Waals surface area contributed by atoms with Gasteiger partial charge >= 0.3 is 0 Å². The summed E-state index contributed by atoms with van der Waals surface area (Å²) in [6.07, 6.45) is 1.67. The Morgan fingerprint density at radius 1 is 1.15 bits per heavy atom. The van der Waals surface area contributed by atoms with Gasteiger partial charge in [0.05, 0.1) is 5.39 Å². The van der Waals surface area contributed by atoms with Crippen molar-refractivity contribution in [2.45, 2.75) is 0 Å². The molecule has 3 aromatic rings. The lowest BCUT2D eigenvalue weighted by molar-refractivity contribution is -0.118. The molecule has 0 spiro atoms. The van der Waals surface area contributed by atoms with Crippen LogP contribution < -0.4 is 25.1 Å². The standard InChI is InChI=1S/C19H16N2O5/c1-21-8-7-13-14(19(21)23)3-2-4-15(13)24-10-18(22)20-12-5-6-16-17(9-12)26-11-25-16/h2-9H,10-11H2,1H3,(H,20,22). The van der Waals surface area contributed by atoms with Crippen molar-refractivity contribution >= 4 is 22.4 Å². The second kappa shape index (κ2) is 6.44. The van der Waals surface area contributed by atoms with Gasteiger partial charge in [0.2, 0.25) is 6.79 Å². The predicted molar refractivity (Wildman–Crippen MR) is 95.9 cm³/mol. The number of anilines is 1. The summed E-state index contributed by atoms with van der Waals surface area (Å²) in [6.45, 7) is -0.000840. The highest BCUT2D eigenvalue weighted by atomic mass is 16.7. The third-order valence-electron chi connectivity index (χ3n) is 4.10. The Balaban J connectivity index is 1.47. The summed E-state index contributed by atoms with van der Waals surface area (Å²) >= 11 is 0.